The number of benzene rings is 1. The lowest BCUT2D eigenvalue weighted by Crippen LogP contribution is -1.87. The summed E-state index contributed by atoms with van der Waals surface area (Å²) in [6.45, 7) is 4.01. The smallest absolute Gasteiger partial charge is 0.0385 e. The average Bonchev–Trinajstić information content (AvgIpc) is 2.32. The number of nitrogens with zero attached hydrogens (tertiary/aromatic N) is 1. The minimum Gasteiger partial charge on any atom is -0.261 e. The topological polar surface area (TPSA) is 12.9 Å². The van der Waals surface area contributed by atoms with Gasteiger partial charge in [0, 0.05) is 23.0 Å². The van der Waals surface area contributed by atoms with Gasteiger partial charge in [-0.2, -0.15) is 0 Å². The molecule has 0 fully saturated rings. The number of pyridine rings is 1. The van der Waals surface area contributed by atoms with Crippen molar-refractivity contribution in [3.8, 4) is 11.8 Å². The lowest BCUT2D eigenvalue weighted by Gasteiger charge is -1.98. The molecule has 0 saturated heterocycles. The number of hydrogen-bond donors (Lipinski definition) is 0. The highest BCUT2D eigenvalue weighted by molar-refractivity contribution is 5.45. The maximum atomic E-state index is 4.23. The SMILES string of the molecule is Cc1cc(C#Cc2ccccc2)c(C)cn1. The van der Waals surface area contributed by atoms with Crippen molar-refractivity contribution in [1.82, 2.24) is 4.98 Å². The summed E-state index contributed by atoms with van der Waals surface area (Å²) in [5.74, 6) is 6.33. The summed E-state index contributed by atoms with van der Waals surface area (Å²) in [6.07, 6.45) is 1.87. The van der Waals surface area contributed by atoms with E-state index in [4.69, 9.17) is 0 Å². The molecule has 0 radical (unpaired) electrons. The van der Waals surface area contributed by atoms with Gasteiger partial charge in [-0.25, -0.2) is 0 Å². The van der Waals surface area contributed by atoms with Gasteiger partial charge in [0.25, 0.3) is 0 Å². The van der Waals surface area contributed by atoms with Crippen LogP contribution in [0.1, 0.15) is 22.4 Å². The van der Waals surface area contributed by atoms with E-state index in [2.05, 4.69) is 16.8 Å². The molecule has 16 heavy (non-hydrogen) atoms. The highest BCUT2D eigenvalue weighted by Gasteiger charge is 1.95. The van der Waals surface area contributed by atoms with E-state index in [1.807, 2.05) is 56.4 Å². The van der Waals surface area contributed by atoms with Crippen molar-refractivity contribution in [3.63, 3.8) is 0 Å². The van der Waals surface area contributed by atoms with Crippen molar-refractivity contribution >= 4 is 0 Å². The molecule has 2 rings (SSSR count). The fourth-order valence-corrected chi connectivity index (χ4v) is 1.42. The molecule has 0 saturated carbocycles. The molecule has 0 amide bonds. The first-order chi connectivity index (χ1) is 7.75. The molecule has 78 valence electrons. The zero-order chi connectivity index (χ0) is 11.4. The lowest BCUT2D eigenvalue weighted by atomic mass is 10.1. The molecule has 0 atom stereocenters. The van der Waals surface area contributed by atoms with Crippen molar-refractivity contribution < 1.29 is 0 Å². The maximum Gasteiger partial charge on any atom is 0.0385 e. The van der Waals surface area contributed by atoms with Crippen LogP contribution in [0.25, 0.3) is 0 Å². The third-order valence-corrected chi connectivity index (χ3v) is 2.36. The highest BCUT2D eigenvalue weighted by Crippen LogP contribution is 2.06. The molecule has 1 heterocycles. The third kappa shape index (κ3) is 2.49. The predicted molar refractivity (Wildman–Crippen MR) is 66.1 cm³/mol. The van der Waals surface area contributed by atoms with Gasteiger partial charge >= 0.3 is 0 Å². The summed E-state index contributed by atoms with van der Waals surface area (Å²) < 4.78 is 0. The second-order valence-corrected chi connectivity index (χ2v) is 3.76. The highest BCUT2D eigenvalue weighted by atomic mass is 14.7. The van der Waals surface area contributed by atoms with Crippen LogP contribution in [0.4, 0.5) is 0 Å². The van der Waals surface area contributed by atoms with Crippen molar-refractivity contribution in [3.05, 3.63) is 65.0 Å². The number of aromatic nitrogens is 1. The van der Waals surface area contributed by atoms with E-state index in [9.17, 15) is 0 Å². The summed E-state index contributed by atoms with van der Waals surface area (Å²) in [4.78, 5) is 4.23. The molecule has 0 spiro atoms. The van der Waals surface area contributed by atoms with Gasteiger partial charge in [0.15, 0.2) is 0 Å². The Morgan fingerprint density at radius 3 is 2.50 bits per heavy atom. The van der Waals surface area contributed by atoms with Crippen LogP contribution in [0.3, 0.4) is 0 Å². The monoisotopic (exact) mass is 207 g/mol. The van der Waals surface area contributed by atoms with Crippen molar-refractivity contribution in [1.29, 1.82) is 0 Å². The number of hydrogen-bond acceptors (Lipinski definition) is 1. The average molecular weight is 207 g/mol. The molecule has 0 aliphatic heterocycles. The summed E-state index contributed by atoms with van der Waals surface area (Å²) in [5, 5.41) is 0. The van der Waals surface area contributed by atoms with E-state index in [1.54, 1.807) is 0 Å². The van der Waals surface area contributed by atoms with Gasteiger partial charge in [-0.05, 0) is 37.6 Å². The standard InChI is InChI=1S/C15H13N/c1-12-11-16-13(2)10-15(12)9-8-14-6-4-3-5-7-14/h3-7,10-11H,1-2H3. The van der Waals surface area contributed by atoms with Gasteiger partial charge in [0.05, 0.1) is 0 Å². The van der Waals surface area contributed by atoms with Crippen LogP contribution in [0, 0.1) is 25.7 Å². The van der Waals surface area contributed by atoms with Crippen LogP contribution < -0.4 is 0 Å². The van der Waals surface area contributed by atoms with Gasteiger partial charge in [0.2, 0.25) is 0 Å². The van der Waals surface area contributed by atoms with E-state index in [0.29, 0.717) is 0 Å². The normalized spacial score (nSPS) is 9.38. The second kappa shape index (κ2) is 4.63. The second-order valence-electron chi connectivity index (χ2n) is 3.76. The molecule has 2 aromatic rings. The zero-order valence-corrected chi connectivity index (χ0v) is 9.49. The van der Waals surface area contributed by atoms with Gasteiger partial charge in [-0.1, -0.05) is 30.0 Å². The Morgan fingerprint density at radius 2 is 1.75 bits per heavy atom. The molecule has 1 nitrogen and oxygen atoms in total. The van der Waals surface area contributed by atoms with Crippen LogP contribution in [0.2, 0.25) is 0 Å². The van der Waals surface area contributed by atoms with E-state index in [0.717, 1.165) is 22.4 Å². The lowest BCUT2D eigenvalue weighted by molar-refractivity contribution is 1.16. The van der Waals surface area contributed by atoms with Crippen molar-refractivity contribution in [2.75, 3.05) is 0 Å². The Balaban J connectivity index is 2.34. The number of rotatable bonds is 0. The summed E-state index contributed by atoms with van der Waals surface area (Å²) in [5.41, 5.74) is 4.21. The molecule has 0 bridgehead atoms. The summed E-state index contributed by atoms with van der Waals surface area (Å²) >= 11 is 0. The van der Waals surface area contributed by atoms with Crippen molar-refractivity contribution in [2.24, 2.45) is 0 Å². The van der Waals surface area contributed by atoms with E-state index >= 15 is 0 Å². The Kier molecular flexibility index (Phi) is 3.03. The van der Waals surface area contributed by atoms with Gasteiger partial charge in [-0.15, -0.1) is 0 Å². The first kappa shape index (κ1) is 10.4. The first-order valence-electron chi connectivity index (χ1n) is 5.26. The first-order valence-corrected chi connectivity index (χ1v) is 5.26. The Morgan fingerprint density at radius 1 is 1.00 bits per heavy atom. The predicted octanol–water partition coefficient (Wildman–Crippen LogP) is 3.10. The van der Waals surface area contributed by atoms with E-state index in [-0.39, 0.29) is 0 Å². The molecular weight excluding hydrogens is 194 g/mol. The summed E-state index contributed by atoms with van der Waals surface area (Å²) in [7, 11) is 0. The fraction of sp³-hybridized carbons (Fsp3) is 0.133. The Bertz CT molecular complexity index is 545. The Hall–Kier alpha value is -2.07. The van der Waals surface area contributed by atoms with Gasteiger partial charge in [0.1, 0.15) is 0 Å². The maximum absolute atomic E-state index is 4.23. The van der Waals surface area contributed by atoms with Gasteiger partial charge in [-0.3, -0.25) is 4.98 Å². The van der Waals surface area contributed by atoms with E-state index in [1.165, 1.54) is 0 Å². The van der Waals surface area contributed by atoms with Gasteiger partial charge < -0.3 is 0 Å². The fourth-order valence-electron chi connectivity index (χ4n) is 1.42. The molecule has 0 aliphatic rings. The third-order valence-electron chi connectivity index (χ3n) is 2.36. The molecule has 1 aromatic carbocycles. The van der Waals surface area contributed by atoms with E-state index < -0.39 is 0 Å². The van der Waals surface area contributed by atoms with Crippen LogP contribution in [0.5, 0.6) is 0 Å². The molecular formula is C15H13N. The molecule has 1 aromatic heterocycles. The minimum atomic E-state index is 1.00. The van der Waals surface area contributed by atoms with Crippen molar-refractivity contribution in [2.45, 2.75) is 13.8 Å². The zero-order valence-electron chi connectivity index (χ0n) is 9.49. The largest absolute Gasteiger partial charge is 0.261 e. The van der Waals surface area contributed by atoms with Crippen LogP contribution >= 0.6 is 0 Å². The van der Waals surface area contributed by atoms with Crippen LogP contribution in [-0.2, 0) is 0 Å². The molecule has 0 N–H and O–H groups in total. The molecule has 1 heteroatoms. The van der Waals surface area contributed by atoms with Crippen LogP contribution in [0.15, 0.2) is 42.6 Å². The minimum absolute atomic E-state index is 1.00. The quantitative estimate of drug-likeness (QED) is 0.605. The van der Waals surface area contributed by atoms with Crippen LogP contribution in [-0.4, -0.2) is 4.98 Å². The molecule has 0 aliphatic carbocycles. The summed E-state index contributed by atoms with van der Waals surface area (Å²) in [6, 6.07) is 12.0. The Labute approximate surface area is 96.2 Å². The number of aryl methyl sites for hydroxylation is 2. The molecule has 0 unspecified atom stereocenters.